The van der Waals surface area contributed by atoms with Crippen LogP contribution >= 0.6 is 0 Å². The Kier molecular flexibility index (Phi) is 4.04. The maximum absolute atomic E-state index is 13.3. The highest BCUT2D eigenvalue weighted by molar-refractivity contribution is 5.90. The lowest BCUT2D eigenvalue weighted by Crippen LogP contribution is -2.42. The molecule has 1 aliphatic rings. The number of amides is 2. The Labute approximate surface area is 112 Å². The minimum absolute atomic E-state index is 0.229. The van der Waals surface area contributed by atoms with Gasteiger partial charge in [0.05, 0.1) is 5.60 Å². The molecule has 1 aromatic carbocycles. The predicted octanol–water partition coefficient (Wildman–Crippen LogP) is 2.56. The number of aliphatic hydroxyl groups is 1. The second-order valence-corrected chi connectivity index (χ2v) is 5.15. The van der Waals surface area contributed by atoms with Gasteiger partial charge in [0.1, 0.15) is 5.82 Å². The minimum Gasteiger partial charge on any atom is -0.388 e. The van der Waals surface area contributed by atoms with Gasteiger partial charge in [0.25, 0.3) is 0 Å². The Balaban J connectivity index is 1.89. The van der Waals surface area contributed by atoms with Crippen molar-refractivity contribution < 1.29 is 14.3 Å². The summed E-state index contributed by atoms with van der Waals surface area (Å²) in [4.78, 5) is 11.7. The van der Waals surface area contributed by atoms with Gasteiger partial charge in [-0.2, -0.15) is 0 Å². The molecule has 0 aromatic heterocycles. The van der Waals surface area contributed by atoms with E-state index in [1.807, 2.05) is 0 Å². The van der Waals surface area contributed by atoms with Crippen LogP contribution in [-0.2, 0) is 0 Å². The number of benzene rings is 1. The van der Waals surface area contributed by atoms with Crippen LogP contribution in [0.3, 0.4) is 0 Å². The van der Waals surface area contributed by atoms with Gasteiger partial charge in [0.15, 0.2) is 0 Å². The summed E-state index contributed by atoms with van der Waals surface area (Å²) in [5.74, 6) is -0.354. The molecule has 1 saturated carbocycles. The first-order valence-corrected chi connectivity index (χ1v) is 6.52. The SMILES string of the molecule is Cc1c(F)cccc1NC(=O)NCC1(O)CCCC1. The van der Waals surface area contributed by atoms with E-state index in [-0.39, 0.29) is 12.4 Å². The standard InChI is InChI=1S/C14H19FN2O2/c1-10-11(15)5-4-6-12(10)17-13(18)16-9-14(19)7-2-3-8-14/h4-6,19H,2-3,7-9H2,1H3,(H2,16,17,18). The molecule has 0 radical (unpaired) electrons. The summed E-state index contributed by atoms with van der Waals surface area (Å²) in [7, 11) is 0. The Bertz CT molecular complexity index is 471. The number of urea groups is 1. The van der Waals surface area contributed by atoms with Gasteiger partial charge in [-0.25, -0.2) is 9.18 Å². The summed E-state index contributed by atoms with van der Waals surface area (Å²) in [6.07, 6.45) is 3.41. The number of carbonyl (C=O) groups is 1. The van der Waals surface area contributed by atoms with E-state index in [4.69, 9.17) is 0 Å². The molecule has 104 valence electrons. The number of anilines is 1. The molecule has 0 saturated heterocycles. The molecule has 2 rings (SSSR count). The molecule has 0 heterocycles. The zero-order chi connectivity index (χ0) is 13.9. The quantitative estimate of drug-likeness (QED) is 0.787. The van der Waals surface area contributed by atoms with Crippen LogP contribution in [0.5, 0.6) is 0 Å². The molecule has 2 amide bonds. The van der Waals surface area contributed by atoms with Crippen LogP contribution < -0.4 is 10.6 Å². The predicted molar refractivity (Wildman–Crippen MR) is 71.6 cm³/mol. The number of nitrogens with one attached hydrogen (secondary N) is 2. The normalized spacial score (nSPS) is 17.2. The molecule has 0 bridgehead atoms. The molecule has 1 fully saturated rings. The fourth-order valence-electron chi connectivity index (χ4n) is 2.36. The van der Waals surface area contributed by atoms with E-state index in [2.05, 4.69) is 10.6 Å². The number of hydrogen-bond donors (Lipinski definition) is 3. The Morgan fingerprint density at radius 3 is 2.79 bits per heavy atom. The second kappa shape index (κ2) is 5.57. The largest absolute Gasteiger partial charge is 0.388 e. The molecule has 4 nitrogen and oxygen atoms in total. The Morgan fingerprint density at radius 2 is 2.11 bits per heavy atom. The number of halogens is 1. The summed E-state index contributed by atoms with van der Waals surface area (Å²) in [6, 6.07) is 4.11. The van der Waals surface area contributed by atoms with Gasteiger partial charge in [0, 0.05) is 17.8 Å². The Morgan fingerprint density at radius 1 is 1.42 bits per heavy atom. The van der Waals surface area contributed by atoms with Gasteiger partial charge in [-0.05, 0) is 31.9 Å². The maximum Gasteiger partial charge on any atom is 0.319 e. The fraction of sp³-hybridized carbons (Fsp3) is 0.500. The third-order valence-electron chi connectivity index (χ3n) is 3.63. The monoisotopic (exact) mass is 266 g/mol. The minimum atomic E-state index is -0.783. The van der Waals surface area contributed by atoms with Crippen molar-refractivity contribution in [2.24, 2.45) is 0 Å². The van der Waals surface area contributed by atoms with Crippen molar-refractivity contribution in [3.63, 3.8) is 0 Å². The number of hydrogen-bond acceptors (Lipinski definition) is 2. The van der Waals surface area contributed by atoms with E-state index in [1.54, 1.807) is 19.1 Å². The summed E-state index contributed by atoms with van der Waals surface area (Å²) >= 11 is 0. The molecule has 1 aromatic rings. The van der Waals surface area contributed by atoms with Crippen molar-refractivity contribution >= 4 is 11.7 Å². The average molecular weight is 266 g/mol. The molecule has 0 atom stereocenters. The molecule has 0 aliphatic heterocycles. The van der Waals surface area contributed by atoms with Gasteiger partial charge >= 0.3 is 6.03 Å². The highest BCUT2D eigenvalue weighted by Gasteiger charge is 2.31. The van der Waals surface area contributed by atoms with Crippen molar-refractivity contribution in [2.45, 2.75) is 38.2 Å². The van der Waals surface area contributed by atoms with Crippen LogP contribution in [-0.4, -0.2) is 23.3 Å². The van der Waals surface area contributed by atoms with Crippen LogP contribution in [0.2, 0.25) is 0 Å². The zero-order valence-corrected chi connectivity index (χ0v) is 11.0. The molecule has 0 unspecified atom stereocenters. The molecule has 5 heteroatoms. The van der Waals surface area contributed by atoms with Crippen LogP contribution in [0.1, 0.15) is 31.2 Å². The molecular weight excluding hydrogens is 247 g/mol. The van der Waals surface area contributed by atoms with Gasteiger partial charge in [0.2, 0.25) is 0 Å². The van der Waals surface area contributed by atoms with E-state index in [1.165, 1.54) is 6.07 Å². The lowest BCUT2D eigenvalue weighted by Gasteiger charge is -2.22. The van der Waals surface area contributed by atoms with E-state index < -0.39 is 11.6 Å². The molecular formula is C14H19FN2O2. The van der Waals surface area contributed by atoms with Gasteiger partial charge in [-0.3, -0.25) is 0 Å². The Hall–Kier alpha value is -1.62. The third-order valence-corrected chi connectivity index (χ3v) is 3.63. The van der Waals surface area contributed by atoms with Gasteiger partial charge < -0.3 is 15.7 Å². The first-order valence-electron chi connectivity index (χ1n) is 6.52. The highest BCUT2D eigenvalue weighted by atomic mass is 19.1. The van der Waals surface area contributed by atoms with Crippen LogP contribution in [0.25, 0.3) is 0 Å². The topological polar surface area (TPSA) is 61.4 Å². The molecule has 3 N–H and O–H groups in total. The zero-order valence-electron chi connectivity index (χ0n) is 11.0. The van der Waals surface area contributed by atoms with Crippen molar-refractivity contribution in [3.05, 3.63) is 29.6 Å². The van der Waals surface area contributed by atoms with Gasteiger partial charge in [-0.1, -0.05) is 18.9 Å². The summed E-state index contributed by atoms with van der Waals surface area (Å²) in [5.41, 5.74) is 0.0575. The van der Waals surface area contributed by atoms with E-state index in [0.29, 0.717) is 24.1 Å². The van der Waals surface area contributed by atoms with Gasteiger partial charge in [-0.15, -0.1) is 0 Å². The number of rotatable bonds is 3. The summed E-state index contributed by atoms with van der Waals surface area (Å²) < 4.78 is 13.3. The first kappa shape index (κ1) is 13.8. The van der Waals surface area contributed by atoms with Crippen molar-refractivity contribution in [1.82, 2.24) is 5.32 Å². The molecule has 0 spiro atoms. The van der Waals surface area contributed by atoms with Crippen molar-refractivity contribution in [2.75, 3.05) is 11.9 Å². The van der Waals surface area contributed by atoms with E-state index in [0.717, 1.165) is 12.8 Å². The number of carbonyl (C=O) groups excluding carboxylic acids is 1. The smallest absolute Gasteiger partial charge is 0.319 e. The third kappa shape index (κ3) is 3.44. The fourth-order valence-corrected chi connectivity index (χ4v) is 2.36. The van der Waals surface area contributed by atoms with Crippen LogP contribution in [0, 0.1) is 12.7 Å². The van der Waals surface area contributed by atoms with Crippen molar-refractivity contribution in [1.29, 1.82) is 0 Å². The lowest BCUT2D eigenvalue weighted by atomic mass is 10.0. The maximum atomic E-state index is 13.3. The molecule has 1 aliphatic carbocycles. The summed E-state index contributed by atoms with van der Waals surface area (Å²) in [5, 5.41) is 15.3. The first-order chi connectivity index (χ1) is 9.00. The van der Waals surface area contributed by atoms with E-state index in [9.17, 15) is 14.3 Å². The summed E-state index contributed by atoms with van der Waals surface area (Å²) in [6.45, 7) is 1.84. The average Bonchev–Trinajstić information content (AvgIpc) is 2.80. The van der Waals surface area contributed by atoms with E-state index >= 15 is 0 Å². The highest BCUT2D eigenvalue weighted by Crippen LogP contribution is 2.28. The second-order valence-electron chi connectivity index (χ2n) is 5.15. The van der Waals surface area contributed by atoms with Crippen LogP contribution in [0.15, 0.2) is 18.2 Å². The van der Waals surface area contributed by atoms with Crippen molar-refractivity contribution in [3.8, 4) is 0 Å². The molecule has 19 heavy (non-hydrogen) atoms. The van der Waals surface area contributed by atoms with Crippen LogP contribution in [0.4, 0.5) is 14.9 Å². The lowest BCUT2D eigenvalue weighted by molar-refractivity contribution is 0.0506.